The molecule has 0 bridgehead atoms. The summed E-state index contributed by atoms with van der Waals surface area (Å²) >= 11 is 1.11. The van der Waals surface area contributed by atoms with E-state index in [1.807, 2.05) is 0 Å². The Morgan fingerprint density at radius 2 is 2.04 bits per heavy atom. The zero-order valence-corrected chi connectivity index (χ0v) is 13.5. The minimum absolute atomic E-state index is 0.253. The Hall–Kier alpha value is -2.61. The fourth-order valence-corrected chi connectivity index (χ4v) is 3.21. The van der Waals surface area contributed by atoms with Gasteiger partial charge >= 0.3 is 0 Å². The van der Waals surface area contributed by atoms with Gasteiger partial charge in [0.05, 0.1) is 21.5 Å². The molecule has 0 unspecified atom stereocenters. The molecule has 1 N–H and O–H groups in total. The van der Waals surface area contributed by atoms with Gasteiger partial charge < -0.3 is 0 Å². The second-order valence-corrected chi connectivity index (χ2v) is 6.11. The number of Topliss-reactive ketones (excluding diaryl/α,β-unsaturated/α-hetero) is 1. The molecule has 0 saturated carbocycles. The van der Waals surface area contributed by atoms with Crippen LogP contribution in [0.2, 0.25) is 0 Å². The second kappa shape index (κ2) is 5.54. The number of hydrogen-bond donors (Lipinski definition) is 1. The summed E-state index contributed by atoms with van der Waals surface area (Å²) in [5.41, 5.74) is 1.97. The molecule has 0 aliphatic carbocycles. The normalized spacial score (nSPS) is 11.0. The lowest BCUT2D eigenvalue weighted by Gasteiger charge is -2.01. The average Bonchev–Trinajstić information content (AvgIpc) is 2.98. The highest BCUT2D eigenvalue weighted by Gasteiger charge is 2.24. The van der Waals surface area contributed by atoms with Gasteiger partial charge in [0.2, 0.25) is 0 Å². The Labute approximate surface area is 135 Å². The summed E-state index contributed by atoms with van der Waals surface area (Å²) in [7, 11) is 1.71. The van der Waals surface area contributed by atoms with E-state index >= 15 is 0 Å². The van der Waals surface area contributed by atoms with Crippen molar-refractivity contribution in [1.29, 1.82) is 0 Å². The minimum atomic E-state index is -0.788. The number of thiazole rings is 1. The first-order valence-electron chi connectivity index (χ1n) is 6.79. The zero-order valence-electron chi connectivity index (χ0n) is 12.7. The monoisotopic (exact) mass is 332 g/mol. The molecule has 1 aromatic carbocycles. The number of nitrogens with one attached hydrogen (secondary N) is 1. The number of hydrogen-bond acceptors (Lipinski definition) is 5. The second-order valence-electron chi connectivity index (χ2n) is 5.08. The molecule has 0 aliphatic heterocycles. The molecule has 1 amide bonds. The highest BCUT2D eigenvalue weighted by atomic mass is 32.1. The van der Waals surface area contributed by atoms with E-state index in [2.05, 4.69) is 15.4 Å². The van der Waals surface area contributed by atoms with Gasteiger partial charge in [-0.2, -0.15) is 5.10 Å². The van der Waals surface area contributed by atoms with Crippen molar-refractivity contribution in [3.63, 3.8) is 0 Å². The van der Waals surface area contributed by atoms with Crippen LogP contribution in [0.15, 0.2) is 18.2 Å². The SMILES string of the molecule is Cc1nn(C)c(C)c1C(=O)C(=O)Nc1nc2ccc(F)cc2s1. The van der Waals surface area contributed by atoms with Crippen molar-refractivity contribution in [2.24, 2.45) is 7.05 Å². The Morgan fingerprint density at radius 3 is 2.70 bits per heavy atom. The molecule has 0 spiro atoms. The van der Waals surface area contributed by atoms with Crippen LogP contribution in [-0.2, 0) is 11.8 Å². The van der Waals surface area contributed by atoms with Gasteiger partial charge in [-0.15, -0.1) is 0 Å². The lowest BCUT2D eigenvalue weighted by Crippen LogP contribution is -2.23. The van der Waals surface area contributed by atoms with Crippen LogP contribution < -0.4 is 5.32 Å². The maximum absolute atomic E-state index is 13.2. The maximum Gasteiger partial charge on any atom is 0.298 e. The first kappa shape index (κ1) is 15.3. The number of aromatic nitrogens is 3. The van der Waals surface area contributed by atoms with Gasteiger partial charge in [0.25, 0.3) is 11.7 Å². The molecule has 0 fully saturated rings. The number of ketones is 1. The Morgan fingerprint density at radius 1 is 1.30 bits per heavy atom. The van der Waals surface area contributed by atoms with Crippen LogP contribution in [0.4, 0.5) is 9.52 Å². The number of benzene rings is 1. The standard InChI is InChI=1S/C15H13FN4O2S/c1-7-12(8(2)20(3)19-7)13(21)14(22)18-15-17-10-5-4-9(16)6-11(10)23-15/h4-6H,1-3H3,(H,17,18,22). The fourth-order valence-electron chi connectivity index (χ4n) is 2.32. The summed E-state index contributed by atoms with van der Waals surface area (Å²) in [4.78, 5) is 28.7. The minimum Gasteiger partial charge on any atom is -0.295 e. The number of halogens is 1. The van der Waals surface area contributed by atoms with E-state index in [1.54, 1.807) is 25.6 Å². The topological polar surface area (TPSA) is 76.9 Å². The first-order chi connectivity index (χ1) is 10.9. The van der Waals surface area contributed by atoms with Crippen molar-refractivity contribution in [2.45, 2.75) is 13.8 Å². The van der Waals surface area contributed by atoms with E-state index in [-0.39, 0.29) is 16.5 Å². The number of amides is 1. The van der Waals surface area contributed by atoms with Crippen LogP contribution in [0.5, 0.6) is 0 Å². The Kier molecular flexibility index (Phi) is 3.69. The number of fused-ring (bicyclic) bond motifs is 1. The third-order valence-corrected chi connectivity index (χ3v) is 4.45. The molecule has 0 aliphatic rings. The summed E-state index contributed by atoms with van der Waals surface area (Å²) in [6.45, 7) is 3.40. The van der Waals surface area contributed by atoms with E-state index in [4.69, 9.17) is 0 Å². The molecule has 0 atom stereocenters. The summed E-state index contributed by atoms with van der Waals surface area (Å²) < 4.78 is 15.3. The molecule has 2 heterocycles. The van der Waals surface area contributed by atoms with Gasteiger partial charge in [-0.1, -0.05) is 11.3 Å². The maximum atomic E-state index is 13.2. The van der Waals surface area contributed by atoms with Crippen molar-refractivity contribution >= 4 is 38.4 Å². The van der Waals surface area contributed by atoms with Crippen molar-refractivity contribution in [2.75, 3.05) is 5.32 Å². The zero-order chi connectivity index (χ0) is 16.7. The molecule has 118 valence electrons. The van der Waals surface area contributed by atoms with E-state index in [1.165, 1.54) is 18.2 Å². The van der Waals surface area contributed by atoms with Gasteiger partial charge in [0, 0.05) is 12.7 Å². The Balaban J connectivity index is 1.86. The summed E-state index contributed by atoms with van der Waals surface area (Å²) in [5.74, 6) is -1.83. The Bertz CT molecular complexity index is 944. The van der Waals surface area contributed by atoms with Crippen LogP contribution in [-0.4, -0.2) is 26.5 Å². The lowest BCUT2D eigenvalue weighted by atomic mass is 10.1. The van der Waals surface area contributed by atoms with E-state index < -0.39 is 11.7 Å². The van der Waals surface area contributed by atoms with Crippen LogP contribution in [0.25, 0.3) is 10.2 Å². The molecule has 23 heavy (non-hydrogen) atoms. The predicted octanol–water partition coefficient (Wildman–Crippen LogP) is 2.61. The van der Waals surface area contributed by atoms with Gasteiger partial charge in [-0.25, -0.2) is 9.37 Å². The van der Waals surface area contributed by atoms with Crippen molar-refractivity contribution in [1.82, 2.24) is 14.8 Å². The number of carbonyl (C=O) groups excluding carboxylic acids is 2. The number of rotatable bonds is 3. The molecule has 2 aromatic heterocycles. The van der Waals surface area contributed by atoms with Crippen LogP contribution in [0.1, 0.15) is 21.7 Å². The molecular weight excluding hydrogens is 319 g/mol. The van der Waals surface area contributed by atoms with Crippen molar-refractivity contribution in [3.8, 4) is 0 Å². The van der Waals surface area contributed by atoms with Crippen LogP contribution in [0, 0.1) is 19.7 Å². The molecule has 3 aromatic rings. The summed E-state index contributed by atoms with van der Waals surface area (Å²) in [6, 6.07) is 4.15. The quantitative estimate of drug-likeness (QED) is 0.591. The number of anilines is 1. The first-order valence-corrected chi connectivity index (χ1v) is 7.60. The summed E-state index contributed by atoms with van der Waals surface area (Å²) in [5, 5.41) is 6.85. The van der Waals surface area contributed by atoms with Gasteiger partial charge in [-0.3, -0.25) is 19.6 Å². The molecule has 0 saturated heterocycles. The molecule has 3 rings (SSSR count). The molecular formula is C15H13FN4O2S. The fraction of sp³-hybridized carbons (Fsp3) is 0.200. The molecule has 6 nitrogen and oxygen atoms in total. The van der Waals surface area contributed by atoms with E-state index in [0.29, 0.717) is 21.6 Å². The van der Waals surface area contributed by atoms with Gasteiger partial charge in [0.15, 0.2) is 5.13 Å². The number of carbonyl (C=O) groups is 2. The van der Waals surface area contributed by atoms with Gasteiger partial charge in [-0.05, 0) is 32.0 Å². The lowest BCUT2D eigenvalue weighted by molar-refractivity contribution is -0.112. The van der Waals surface area contributed by atoms with Crippen LogP contribution in [0.3, 0.4) is 0 Å². The van der Waals surface area contributed by atoms with E-state index in [9.17, 15) is 14.0 Å². The largest absolute Gasteiger partial charge is 0.298 e. The van der Waals surface area contributed by atoms with Crippen LogP contribution >= 0.6 is 11.3 Å². The van der Waals surface area contributed by atoms with E-state index in [0.717, 1.165) is 11.3 Å². The van der Waals surface area contributed by atoms with Crippen molar-refractivity contribution in [3.05, 3.63) is 41.0 Å². The molecule has 8 heteroatoms. The third-order valence-electron chi connectivity index (χ3n) is 3.51. The predicted molar refractivity (Wildman–Crippen MR) is 85.2 cm³/mol. The smallest absolute Gasteiger partial charge is 0.295 e. The highest BCUT2D eigenvalue weighted by Crippen LogP contribution is 2.26. The molecule has 0 radical (unpaired) electrons. The number of aryl methyl sites for hydroxylation is 2. The summed E-state index contributed by atoms with van der Waals surface area (Å²) in [6.07, 6.45) is 0. The third kappa shape index (κ3) is 2.72. The number of nitrogens with zero attached hydrogens (tertiary/aromatic N) is 3. The average molecular weight is 332 g/mol. The van der Waals surface area contributed by atoms with Crippen molar-refractivity contribution < 1.29 is 14.0 Å². The highest BCUT2D eigenvalue weighted by molar-refractivity contribution is 7.22. The van der Waals surface area contributed by atoms with Gasteiger partial charge in [0.1, 0.15) is 5.82 Å².